The fourth-order valence-electron chi connectivity index (χ4n) is 7.94. The van der Waals surface area contributed by atoms with Gasteiger partial charge in [-0.05, 0) is 56.6 Å². The van der Waals surface area contributed by atoms with Gasteiger partial charge >= 0.3 is 0 Å². The van der Waals surface area contributed by atoms with Gasteiger partial charge in [-0.25, -0.2) is 15.0 Å². The van der Waals surface area contributed by atoms with Crippen LogP contribution in [-0.2, 0) is 0 Å². The number of rotatable bonds is 6. The van der Waals surface area contributed by atoms with E-state index in [-0.39, 0.29) is 0 Å². The molecule has 0 spiro atoms. The van der Waals surface area contributed by atoms with Gasteiger partial charge in [0, 0.05) is 38.2 Å². The molecule has 0 radical (unpaired) electrons. The lowest BCUT2D eigenvalue weighted by atomic mass is 9.92. The maximum atomic E-state index is 5.07. The monoisotopic (exact) mass is 650 g/mol. The molecule has 0 atom stereocenters. The molecule has 0 unspecified atom stereocenters. The van der Waals surface area contributed by atoms with Crippen LogP contribution in [0.1, 0.15) is 5.82 Å². The Balaban J connectivity index is 1.31. The highest BCUT2D eigenvalue weighted by Gasteiger charge is 2.23. The molecular weight excluding hydrogens is 621 g/mol. The molecule has 10 rings (SSSR count). The Bertz CT molecular complexity index is 3060. The second kappa shape index (κ2) is 11.3. The molecule has 0 N–H and O–H groups in total. The van der Waals surface area contributed by atoms with Crippen molar-refractivity contribution in [1.82, 2.24) is 19.5 Å². The van der Waals surface area contributed by atoms with Crippen LogP contribution in [0.15, 0.2) is 171 Å². The highest BCUT2D eigenvalue weighted by molar-refractivity contribution is 6.38. The van der Waals surface area contributed by atoms with E-state index in [4.69, 9.17) is 15.0 Å². The van der Waals surface area contributed by atoms with Crippen molar-refractivity contribution < 1.29 is 0 Å². The van der Waals surface area contributed by atoms with Crippen LogP contribution in [0.5, 0.6) is 0 Å². The zero-order valence-electron chi connectivity index (χ0n) is 27.7. The van der Waals surface area contributed by atoms with E-state index in [1.54, 1.807) is 12.2 Å². The lowest BCUT2D eigenvalue weighted by Gasteiger charge is -2.16. The van der Waals surface area contributed by atoms with Crippen LogP contribution in [0.4, 0.5) is 0 Å². The second-order valence-corrected chi connectivity index (χ2v) is 12.9. The molecule has 2 heterocycles. The Hall–Kier alpha value is -6.91. The Morgan fingerprint density at radius 1 is 0.529 bits per heavy atom. The van der Waals surface area contributed by atoms with E-state index in [0.29, 0.717) is 17.5 Å². The molecule has 51 heavy (non-hydrogen) atoms. The van der Waals surface area contributed by atoms with Crippen LogP contribution >= 0.6 is 0 Å². The number of aromatic nitrogens is 4. The standard InChI is InChI=1S/C47H30N4/c1-3-15-29(4-2)45-48-46(30-16-6-5-7-17-30)50-47(49-45)38-26-27-40(36-23-13-12-22-35(36)38)51-41-25-14-24-37-33-20-10-11-21-34(33)39-28-31-18-8-9-19-32(31)44(51)43(39)42(37)41/h3-28H,1-2H2/b29-15+. The maximum Gasteiger partial charge on any atom is 0.164 e. The van der Waals surface area contributed by atoms with Crippen molar-refractivity contribution in [3.63, 3.8) is 0 Å². The first kappa shape index (κ1) is 29.0. The molecule has 4 heteroatoms. The van der Waals surface area contributed by atoms with Gasteiger partial charge < -0.3 is 4.57 Å². The van der Waals surface area contributed by atoms with Gasteiger partial charge in [-0.3, -0.25) is 0 Å². The van der Waals surface area contributed by atoms with Crippen LogP contribution < -0.4 is 0 Å². The quantitative estimate of drug-likeness (QED) is 0.102. The first-order chi connectivity index (χ1) is 25.2. The molecule has 0 aliphatic heterocycles. The average Bonchev–Trinajstić information content (AvgIpc) is 3.55. The third-order valence-electron chi connectivity index (χ3n) is 10.1. The third-order valence-corrected chi connectivity index (χ3v) is 10.1. The number of hydrogen-bond acceptors (Lipinski definition) is 3. The van der Waals surface area contributed by atoms with Gasteiger partial charge in [0.05, 0.1) is 16.7 Å². The third kappa shape index (κ3) is 4.30. The first-order valence-corrected chi connectivity index (χ1v) is 17.1. The summed E-state index contributed by atoms with van der Waals surface area (Å²) in [6, 6.07) is 49.7. The van der Waals surface area contributed by atoms with Crippen LogP contribution in [0.2, 0.25) is 0 Å². The molecule has 0 amide bonds. The van der Waals surface area contributed by atoms with E-state index >= 15 is 0 Å². The number of allylic oxidation sites excluding steroid dienone is 4. The first-order valence-electron chi connectivity index (χ1n) is 17.1. The summed E-state index contributed by atoms with van der Waals surface area (Å²) in [5, 5.41) is 12.3. The Kier molecular flexibility index (Phi) is 6.45. The molecule has 0 saturated heterocycles. The molecule has 238 valence electrons. The molecule has 0 fully saturated rings. The van der Waals surface area contributed by atoms with Gasteiger partial charge in [0.1, 0.15) is 0 Å². The minimum absolute atomic E-state index is 0.550. The van der Waals surface area contributed by atoms with E-state index < -0.39 is 0 Å². The van der Waals surface area contributed by atoms with Gasteiger partial charge in [0.2, 0.25) is 0 Å². The summed E-state index contributed by atoms with van der Waals surface area (Å²) in [5.74, 6) is 1.75. The topological polar surface area (TPSA) is 43.6 Å². The van der Waals surface area contributed by atoms with Gasteiger partial charge in [-0.1, -0.05) is 147 Å². The average molecular weight is 651 g/mol. The normalized spacial score (nSPS) is 12.2. The fraction of sp³-hybridized carbons (Fsp3) is 0. The SMILES string of the molecule is C=C/C=C(\C=C)c1nc(-c2ccccc2)nc(-c2ccc(-n3c4cccc5c6ccccc6c6cc7ccccc7c3c6c54)c3ccccc23)n1. The predicted molar refractivity (Wildman–Crippen MR) is 215 cm³/mol. The lowest BCUT2D eigenvalue weighted by Crippen LogP contribution is -2.03. The molecule has 0 aliphatic carbocycles. The minimum Gasteiger partial charge on any atom is -0.308 e. The highest BCUT2D eigenvalue weighted by atomic mass is 15.0. The Morgan fingerprint density at radius 3 is 1.98 bits per heavy atom. The van der Waals surface area contributed by atoms with Gasteiger partial charge in [0.15, 0.2) is 17.5 Å². The molecule has 0 aliphatic rings. The molecule has 2 aromatic heterocycles. The van der Waals surface area contributed by atoms with E-state index in [2.05, 4.69) is 127 Å². The van der Waals surface area contributed by atoms with E-state index in [1.807, 2.05) is 36.4 Å². The largest absolute Gasteiger partial charge is 0.308 e. The summed E-state index contributed by atoms with van der Waals surface area (Å²) in [6.45, 7) is 7.93. The lowest BCUT2D eigenvalue weighted by molar-refractivity contribution is 1.04. The minimum atomic E-state index is 0.550. The number of benzene rings is 8. The number of nitrogens with zero attached hydrogens (tertiary/aromatic N) is 4. The number of fused-ring (bicyclic) bond motifs is 6. The zero-order chi connectivity index (χ0) is 34.1. The van der Waals surface area contributed by atoms with E-state index in [1.165, 1.54) is 54.1 Å². The predicted octanol–water partition coefficient (Wildman–Crippen LogP) is 12.1. The number of hydrogen-bond donors (Lipinski definition) is 0. The van der Waals surface area contributed by atoms with Crippen LogP contribution in [0, 0.1) is 0 Å². The van der Waals surface area contributed by atoms with Crippen molar-refractivity contribution in [2.45, 2.75) is 0 Å². The summed E-state index contributed by atoms with van der Waals surface area (Å²) in [7, 11) is 0. The summed E-state index contributed by atoms with van der Waals surface area (Å²) in [5.41, 5.74) is 6.14. The summed E-state index contributed by atoms with van der Waals surface area (Å²) in [4.78, 5) is 15.0. The van der Waals surface area contributed by atoms with E-state index in [0.717, 1.165) is 33.2 Å². The molecule has 0 bridgehead atoms. The Labute approximate surface area is 294 Å². The van der Waals surface area contributed by atoms with Crippen molar-refractivity contribution in [3.05, 3.63) is 177 Å². The van der Waals surface area contributed by atoms with Crippen molar-refractivity contribution in [2.75, 3.05) is 0 Å². The second-order valence-electron chi connectivity index (χ2n) is 12.9. The van der Waals surface area contributed by atoms with Crippen molar-refractivity contribution in [1.29, 1.82) is 0 Å². The van der Waals surface area contributed by atoms with Gasteiger partial charge in [0.25, 0.3) is 0 Å². The molecule has 0 saturated carbocycles. The molecule has 4 nitrogen and oxygen atoms in total. The molecule has 8 aromatic carbocycles. The van der Waals surface area contributed by atoms with Crippen molar-refractivity contribution >= 4 is 70.5 Å². The highest BCUT2D eigenvalue weighted by Crippen LogP contribution is 2.47. The maximum absolute atomic E-state index is 5.07. The smallest absolute Gasteiger partial charge is 0.164 e. The molecular formula is C47H30N4. The van der Waals surface area contributed by atoms with Crippen LogP contribution in [0.3, 0.4) is 0 Å². The van der Waals surface area contributed by atoms with Crippen LogP contribution in [0.25, 0.3) is 98.9 Å². The Morgan fingerprint density at radius 2 is 1.20 bits per heavy atom. The zero-order valence-corrected chi connectivity index (χ0v) is 27.7. The summed E-state index contributed by atoms with van der Waals surface area (Å²) in [6.07, 6.45) is 5.37. The molecule has 10 aromatic rings. The van der Waals surface area contributed by atoms with E-state index in [9.17, 15) is 0 Å². The van der Waals surface area contributed by atoms with Crippen LogP contribution in [-0.4, -0.2) is 19.5 Å². The fourth-order valence-corrected chi connectivity index (χ4v) is 7.94. The summed E-state index contributed by atoms with van der Waals surface area (Å²) >= 11 is 0. The van der Waals surface area contributed by atoms with Crippen molar-refractivity contribution in [2.24, 2.45) is 0 Å². The van der Waals surface area contributed by atoms with Gasteiger partial charge in [-0.15, -0.1) is 0 Å². The van der Waals surface area contributed by atoms with Crippen molar-refractivity contribution in [3.8, 4) is 28.5 Å². The van der Waals surface area contributed by atoms with Gasteiger partial charge in [-0.2, -0.15) is 0 Å². The summed E-state index contributed by atoms with van der Waals surface area (Å²) < 4.78 is 2.48.